The SMILES string of the molecule is O=C(O)CC(=O)Nc1cc(F)c(OCc2cccc(F)c2)cc1F. The first-order chi connectivity index (χ1) is 11.3. The maximum Gasteiger partial charge on any atom is 0.312 e. The van der Waals surface area contributed by atoms with Gasteiger partial charge in [0.25, 0.3) is 0 Å². The van der Waals surface area contributed by atoms with Crippen LogP contribution in [-0.2, 0) is 16.2 Å². The number of carbonyl (C=O) groups excluding carboxylic acids is 1. The summed E-state index contributed by atoms with van der Waals surface area (Å²) in [7, 11) is 0. The minimum atomic E-state index is -1.40. The zero-order valence-electron chi connectivity index (χ0n) is 12.2. The van der Waals surface area contributed by atoms with E-state index in [2.05, 4.69) is 0 Å². The molecule has 0 aliphatic heterocycles. The number of carboxylic acids is 1. The molecule has 0 saturated heterocycles. The smallest absolute Gasteiger partial charge is 0.312 e. The third kappa shape index (κ3) is 4.73. The summed E-state index contributed by atoms with van der Waals surface area (Å²) in [5, 5.41) is 10.4. The number of benzene rings is 2. The number of halogens is 3. The monoisotopic (exact) mass is 339 g/mol. The van der Waals surface area contributed by atoms with Gasteiger partial charge in [-0.05, 0) is 17.7 Å². The van der Waals surface area contributed by atoms with Crippen LogP contribution in [0.25, 0.3) is 0 Å². The van der Waals surface area contributed by atoms with Crippen molar-refractivity contribution in [1.82, 2.24) is 0 Å². The van der Waals surface area contributed by atoms with E-state index in [1.165, 1.54) is 18.2 Å². The quantitative estimate of drug-likeness (QED) is 0.793. The molecule has 0 bridgehead atoms. The van der Waals surface area contributed by atoms with Crippen LogP contribution in [0, 0.1) is 17.5 Å². The summed E-state index contributed by atoms with van der Waals surface area (Å²) in [5.41, 5.74) is -0.0782. The number of carbonyl (C=O) groups is 2. The summed E-state index contributed by atoms with van der Waals surface area (Å²) < 4.78 is 45.9. The number of amides is 1. The number of hydrogen-bond donors (Lipinski definition) is 2. The van der Waals surface area contributed by atoms with Crippen LogP contribution >= 0.6 is 0 Å². The molecule has 0 aromatic heterocycles. The van der Waals surface area contributed by atoms with Crippen LogP contribution in [0.5, 0.6) is 5.75 Å². The predicted molar refractivity (Wildman–Crippen MR) is 78.0 cm³/mol. The van der Waals surface area contributed by atoms with Crippen LogP contribution in [0.3, 0.4) is 0 Å². The lowest BCUT2D eigenvalue weighted by Crippen LogP contribution is -2.17. The molecule has 0 heterocycles. The van der Waals surface area contributed by atoms with Crippen LogP contribution in [0.15, 0.2) is 36.4 Å². The fourth-order valence-electron chi connectivity index (χ4n) is 1.85. The summed E-state index contributed by atoms with van der Waals surface area (Å²) in [6.07, 6.45) is -0.876. The molecule has 1 amide bonds. The second-order valence-corrected chi connectivity index (χ2v) is 4.80. The van der Waals surface area contributed by atoms with Gasteiger partial charge in [0.2, 0.25) is 5.91 Å². The lowest BCUT2D eigenvalue weighted by Gasteiger charge is -2.11. The molecule has 126 valence electrons. The number of ether oxygens (including phenoxy) is 1. The number of carboxylic acid groups (broad SMARTS) is 1. The van der Waals surface area contributed by atoms with E-state index in [0.29, 0.717) is 17.7 Å². The van der Waals surface area contributed by atoms with Crippen LogP contribution in [0.2, 0.25) is 0 Å². The van der Waals surface area contributed by atoms with Crippen molar-refractivity contribution >= 4 is 17.6 Å². The third-order valence-electron chi connectivity index (χ3n) is 2.89. The Morgan fingerprint density at radius 1 is 1.08 bits per heavy atom. The maximum atomic E-state index is 13.9. The molecule has 0 unspecified atom stereocenters. The van der Waals surface area contributed by atoms with Gasteiger partial charge in [0, 0.05) is 12.1 Å². The van der Waals surface area contributed by atoms with Crippen molar-refractivity contribution in [3.63, 3.8) is 0 Å². The van der Waals surface area contributed by atoms with Crippen molar-refractivity contribution in [1.29, 1.82) is 0 Å². The van der Waals surface area contributed by atoms with E-state index in [-0.39, 0.29) is 6.61 Å². The van der Waals surface area contributed by atoms with E-state index in [1.807, 2.05) is 5.32 Å². The fourth-order valence-corrected chi connectivity index (χ4v) is 1.85. The Kier molecular flexibility index (Phi) is 5.41. The lowest BCUT2D eigenvalue weighted by molar-refractivity contribution is -0.139. The van der Waals surface area contributed by atoms with Gasteiger partial charge >= 0.3 is 5.97 Å². The lowest BCUT2D eigenvalue weighted by atomic mass is 10.2. The molecule has 0 radical (unpaired) electrons. The molecule has 2 rings (SSSR count). The van der Waals surface area contributed by atoms with E-state index >= 15 is 0 Å². The first kappa shape index (κ1) is 17.3. The molecule has 0 spiro atoms. The van der Waals surface area contributed by atoms with Gasteiger partial charge in [-0.2, -0.15) is 0 Å². The molecule has 2 aromatic rings. The Hall–Kier alpha value is -3.03. The van der Waals surface area contributed by atoms with E-state index in [9.17, 15) is 22.8 Å². The number of nitrogens with one attached hydrogen (secondary N) is 1. The van der Waals surface area contributed by atoms with Crippen LogP contribution in [0.4, 0.5) is 18.9 Å². The zero-order chi connectivity index (χ0) is 17.7. The molecular formula is C16H12F3NO4. The summed E-state index contributed by atoms with van der Waals surface area (Å²) in [6.45, 7) is -0.182. The van der Waals surface area contributed by atoms with Gasteiger partial charge in [-0.15, -0.1) is 0 Å². The minimum Gasteiger partial charge on any atom is -0.486 e. The summed E-state index contributed by atoms with van der Waals surface area (Å²) in [6, 6.07) is 6.82. The number of aliphatic carboxylic acids is 1. The Balaban J connectivity index is 2.08. The highest BCUT2D eigenvalue weighted by Gasteiger charge is 2.15. The number of rotatable bonds is 6. The molecule has 24 heavy (non-hydrogen) atoms. The standard InChI is InChI=1S/C16H12F3NO4/c17-10-3-1-2-9(4-10)8-24-14-6-11(18)13(5-12(14)19)20-15(21)7-16(22)23/h1-6H,7-8H2,(H,20,21)(H,22,23). The fraction of sp³-hybridized carbons (Fsp3) is 0.125. The average Bonchev–Trinajstić information content (AvgIpc) is 2.48. The van der Waals surface area contributed by atoms with Crippen molar-refractivity contribution in [3.05, 3.63) is 59.4 Å². The summed E-state index contributed by atoms with van der Waals surface area (Å²) in [5.74, 6) is -5.26. The van der Waals surface area contributed by atoms with Gasteiger partial charge in [-0.25, -0.2) is 13.2 Å². The topological polar surface area (TPSA) is 75.6 Å². The Morgan fingerprint density at radius 3 is 2.50 bits per heavy atom. The highest BCUT2D eigenvalue weighted by Crippen LogP contribution is 2.26. The summed E-state index contributed by atoms with van der Waals surface area (Å²) >= 11 is 0. The van der Waals surface area contributed by atoms with Crippen LogP contribution in [-0.4, -0.2) is 17.0 Å². The molecule has 0 aliphatic carbocycles. The van der Waals surface area contributed by atoms with Crippen LogP contribution < -0.4 is 10.1 Å². The molecule has 0 saturated carbocycles. The molecule has 2 N–H and O–H groups in total. The van der Waals surface area contributed by atoms with Gasteiger partial charge in [-0.1, -0.05) is 12.1 Å². The zero-order valence-corrected chi connectivity index (χ0v) is 12.2. The van der Waals surface area contributed by atoms with Crippen molar-refractivity contribution in [3.8, 4) is 5.75 Å². The van der Waals surface area contributed by atoms with Crippen molar-refractivity contribution < 1.29 is 32.6 Å². The van der Waals surface area contributed by atoms with Gasteiger partial charge in [0.15, 0.2) is 17.4 Å². The average molecular weight is 339 g/mol. The normalized spacial score (nSPS) is 10.3. The van der Waals surface area contributed by atoms with Crippen LogP contribution in [0.1, 0.15) is 12.0 Å². The molecule has 2 aromatic carbocycles. The van der Waals surface area contributed by atoms with Gasteiger partial charge < -0.3 is 15.2 Å². The van der Waals surface area contributed by atoms with Crippen molar-refractivity contribution in [2.24, 2.45) is 0 Å². The Morgan fingerprint density at radius 2 is 1.83 bits per heavy atom. The van der Waals surface area contributed by atoms with Crippen molar-refractivity contribution in [2.75, 3.05) is 5.32 Å². The molecular weight excluding hydrogens is 327 g/mol. The number of anilines is 1. The highest BCUT2D eigenvalue weighted by atomic mass is 19.1. The second kappa shape index (κ2) is 7.49. The number of hydrogen-bond acceptors (Lipinski definition) is 3. The Labute approximate surface area is 134 Å². The Bertz CT molecular complexity index is 780. The van der Waals surface area contributed by atoms with E-state index in [0.717, 1.165) is 0 Å². The van der Waals surface area contributed by atoms with Crippen molar-refractivity contribution in [2.45, 2.75) is 13.0 Å². The largest absolute Gasteiger partial charge is 0.486 e. The first-order valence-corrected chi connectivity index (χ1v) is 6.73. The molecule has 0 fully saturated rings. The second-order valence-electron chi connectivity index (χ2n) is 4.80. The van der Waals surface area contributed by atoms with Gasteiger partial charge in [0.1, 0.15) is 18.8 Å². The molecule has 0 atom stereocenters. The highest BCUT2D eigenvalue weighted by molar-refractivity contribution is 6.01. The molecule has 8 heteroatoms. The van der Waals surface area contributed by atoms with Gasteiger partial charge in [-0.3, -0.25) is 9.59 Å². The van der Waals surface area contributed by atoms with E-state index < -0.39 is 47.2 Å². The first-order valence-electron chi connectivity index (χ1n) is 6.73. The van der Waals surface area contributed by atoms with Gasteiger partial charge in [0.05, 0.1) is 5.69 Å². The third-order valence-corrected chi connectivity index (χ3v) is 2.89. The van der Waals surface area contributed by atoms with E-state index in [4.69, 9.17) is 9.84 Å². The molecule has 5 nitrogen and oxygen atoms in total. The minimum absolute atomic E-state index is 0.182. The summed E-state index contributed by atoms with van der Waals surface area (Å²) in [4.78, 5) is 21.6. The van der Waals surface area contributed by atoms with E-state index in [1.54, 1.807) is 6.07 Å². The maximum absolute atomic E-state index is 13.9. The molecule has 0 aliphatic rings. The predicted octanol–water partition coefficient (Wildman–Crippen LogP) is 3.10.